The number of nitrogens with zero attached hydrogens (tertiary/aromatic N) is 3. The molecule has 6 heteroatoms. The Bertz CT molecular complexity index is 885. The van der Waals surface area contributed by atoms with E-state index in [0.29, 0.717) is 17.7 Å². The van der Waals surface area contributed by atoms with Crippen LogP contribution in [0.15, 0.2) is 23.4 Å². The molecule has 1 amide bonds. The number of benzene rings is 1. The Morgan fingerprint density at radius 1 is 1.18 bits per heavy atom. The second kappa shape index (κ2) is 7.54. The molecule has 0 spiro atoms. The van der Waals surface area contributed by atoms with Crippen molar-refractivity contribution >= 4 is 17.7 Å². The summed E-state index contributed by atoms with van der Waals surface area (Å²) in [4.78, 5) is 12.5. The van der Waals surface area contributed by atoms with Crippen molar-refractivity contribution in [1.82, 2.24) is 20.1 Å². The first-order valence-electron chi connectivity index (χ1n) is 10.7. The Kier molecular flexibility index (Phi) is 4.91. The molecule has 148 valence electrons. The summed E-state index contributed by atoms with van der Waals surface area (Å²) in [5.41, 5.74) is 4.15. The lowest BCUT2D eigenvalue weighted by Crippen LogP contribution is -2.28. The Hall–Kier alpha value is -1.82. The van der Waals surface area contributed by atoms with Gasteiger partial charge in [-0.2, -0.15) is 0 Å². The van der Waals surface area contributed by atoms with Crippen LogP contribution >= 0.6 is 11.8 Å². The van der Waals surface area contributed by atoms with E-state index in [1.54, 1.807) is 0 Å². The van der Waals surface area contributed by atoms with Crippen molar-refractivity contribution in [3.63, 3.8) is 0 Å². The lowest BCUT2D eigenvalue weighted by molar-refractivity contribution is -0.119. The fourth-order valence-electron chi connectivity index (χ4n) is 4.20. The Labute approximate surface area is 170 Å². The molecule has 1 aromatic heterocycles. The van der Waals surface area contributed by atoms with Gasteiger partial charge in [0.15, 0.2) is 5.16 Å². The van der Waals surface area contributed by atoms with Gasteiger partial charge in [0.1, 0.15) is 5.82 Å². The number of aryl methyl sites for hydroxylation is 2. The summed E-state index contributed by atoms with van der Waals surface area (Å²) in [6.07, 6.45) is 9.82. The molecule has 0 saturated heterocycles. The summed E-state index contributed by atoms with van der Waals surface area (Å²) in [5, 5.41) is 12.9. The first-order valence-corrected chi connectivity index (χ1v) is 11.7. The van der Waals surface area contributed by atoms with Crippen LogP contribution in [0, 0.1) is 0 Å². The van der Waals surface area contributed by atoms with Gasteiger partial charge in [0.25, 0.3) is 0 Å². The molecule has 0 bridgehead atoms. The molecule has 2 fully saturated rings. The van der Waals surface area contributed by atoms with Gasteiger partial charge in [-0.25, -0.2) is 0 Å². The summed E-state index contributed by atoms with van der Waals surface area (Å²) in [6.45, 7) is 2.07. The number of rotatable bonds is 7. The first kappa shape index (κ1) is 18.2. The van der Waals surface area contributed by atoms with Crippen LogP contribution in [0.3, 0.4) is 0 Å². The highest BCUT2D eigenvalue weighted by molar-refractivity contribution is 7.99. The van der Waals surface area contributed by atoms with Crippen LogP contribution < -0.4 is 5.32 Å². The van der Waals surface area contributed by atoms with E-state index in [-0.39, 0.29) is 11.9 Å². The number of thioether (sulfide) groups is 1. The van der Waals surface area contributed by atoms with Crippen LogP contribution in [0.25, 0.3) is 0 Å². The summed E-state index contributed by atoms with van der Waals surface area (Å²) in [5.74, 6) is 2.20. The predicted octanol–water partition coefficient (Wildman–Crippen LogP) is 4.34. The molecular weight excluding hydrogens is 368 g/mol. The van der Waals surface area contributed by atoms with Crippen molar-refractivity contribution in [3.05, 3.63) is 40.7 Å². The summed E-state index contributed by atoms with van der Waals surface area (Å²) in [6, 6.07) is 7.31. The number of fused-ring (bicyclic) bond motifs is 1. The fraction of sp³-hybridized carbons (Fsp3) is 0.591. The molecule has 5 nitrogen and oxygen atoms in total. The zero-order valence-corrected chi connectivity index (χ0v) is 17.3. The van der Waals surface area contributed by atoms with Gasteiger partial charge in [-0.3, -0.25) is 4.79 Å². The molecule has 0 aliphatic heterocycles. The highest BCUT2D eigenvalue weighted by Crippen LogP contribution is 2.46. The van der Waals surface area contributed by atoms with E-state index < -0.39 is 0 Å². The molecule has 3 aliphatic carbocycles. The van der Waals surface area contributed by atoms with Gasteiger partial charge >= 0.3 is 0 Å². The number of hydrogen-bond donors (Lipinski definition) is 1. The Morgan fingerprint density at radius 2 is 1.96 bits per heavy atom. The van der Waals surface area contributed by atoms with Gasteiger partial charge in [0, 0.05) is 12.0 Å². The maximum absolute atomic E-state index is 12.5. The molecule has 5 rings (SSSR count). The number of hydrogen-bond acceptors (Lipinski definition) is 4. The van der Waals surface area contributed by atoms with E-state index in [1.807, 2.05) is 0 Å². The second-order valence-electron chi connectivity index (χ2n) is 8.53. The van der Waals surface area contributed by atoms with Crippen LogP contribution in [0.5, 0.6) is 0 Å². The van der Waals surface area contributed by atoms with Gasteiger partial charge in [-0.1, -0.05) is 30.0 Å². The lowest BCUT2D eigenvalue weighted by atomic mass is 9.89. The van der Waals surface area contributed by atoms with E-state index in [0.717, 1.165) is 11.0 Å². The average molecular weight is 397 g/mol. The number of carbonyl (C=O) groups is 1. The third kappa shape index (κ3) is 3.84. The Morgan fingerprint density at radius 3 is 2.71 bits per heavy atom. The van der Waals surface area contributed by atoms with Crippen LogP contribution in [0.1, 0.15) is 86.0 Å². The van der Waals surface area contributed by atoms with Gasteiger partial charge in [0.05, 0.1) is 11.8 Å². The smallest absolute Gasteiger partial charge is 0.230 e. The molecule has 1 aromatic carbocycles. The van der Waals surface area contributed by atoms with E-state index in [4.69, 9.17) is 0 Å². The normalized spacial score (nSPS) is 19.9. The maximum atomic E-state index is 12.5. The van der Waals surface area contributed by atoms with E-state index >= 15 is 0 Å². The van der Waals surface area contributed by atoms with Crippen molar-refractivity contribution in [1.29, 1.82) is 0 Å². The largest absolute Gasteiger partial charge is 0.349 e. The van der Waals surface area contributed by atoms with Crippen molar-refractivity contribution in [2.24, 2.45) is 0 Å². The molecule has 3 aliphatic rings. The first-order chi connectivity index (χ1) is 13.7. The molecule has 1 N–H and O–H groups in total. The van der Waals surface area contributed by atoms with Gasteiger partial charge in [-0.05, 0) is 75.0 Å². The van der Waals surface area contributed by atoms with Crippen LogP contribution in [-0.2, 0) is 17.6 Å². The molecule has 28 heavy (non-hydrogen) atoms. The topological polar surface area (TPSA) is 59.8 Å². The molecule has 1 heterocycles. The minimum absolute atomic E-state index is 0.0312. The monoisotopic (exact) mass is 396 g/mol. The zero-order valence-electron chi connectivity index (χ0n) is 16.5. The summed E-state index contributed by atoms with van der Waals surface area (Å²) in [7, 11) is 0. The number of aromatic nitrogens is 3. The van der Waals surface area contributed by atoms with E-state index in [1.165, 1.54) is 79.8 Å². The summed E-state index contributed by atoms with van der Waals surface area (Å²) < 4.78 is 2.31. The highest BCUT2D eigenvalue weighted by atomic mass is 32.2. The third-order valence-electron chi connectivity index (χ3n) is 6.13. The average Bonchev–Trinajstić information content (AvgIpc) is 3.64. The van der Waals surface area contributed by atoms with Crippen molar-refractivity contribution in [2.75, 3.05) is 5.75 Å². The van der Waals surface area contributed by atoms with E-state index in [2.05, 4.69) is 45.2 Å². The molecule has 2 saturated carbocycles. The quantitative estimate of drug-likeness (QED) is 0.707. The molecule has 1 atom stereocenters. The van der Waals surface area contributed by atoms with Gasteiger partial charge < -0.3 is 9.88 Å². The summed E-state index contributed by atoms with van der Waals surface area (Å²) >= 11 is 1.53. The molecule has 0 radical (unpaired) electrons. The van der Waals surface area contributed by atoms with Crippen LogP contribution in [0.4, 0.5) is 0 Å². The third-order valence-corrected chi connectivity index (χ3v) is 7.07. The minimum Gasteiger partial charge on any atom is -0.349 e. The zero-order chi connectivity index (χ0) is 19.1. The Balaban J connectivity index is 1.20. The number of nitrogens with one attached hydrogen (secondary N) is 1. The number of carbonyl (C=O) groups excluding carboxylic acids is 1. The highest BCUT2D eigenvalue weighted by Gasteiger charge is 2.36. The van der Waals surface area contributed by atoms with Crippen LogP contribution in [-0.4, -0.2) is 26.4 Å². The lowest BCUT2D eigenvalue weighted by Gasteiger charge is -2.20. The molecule has 0 unspecified atom stereocenters. The number of amides is 1. The van der Waals surface area contributed by atoms with Crippen molar-refractivity contribution in [3.8, 4) is 0 Å². The molecule has 2 aromatic rings. The minimum atomic E-state index is 0.0312. The van der Waals surface area contributed by atoms with E-state index in [9.17, 15) is 4.79 Å². The standard InChI is InChI=1S/C22H28N4OS/c1-14(17-9-6-15-4-2-3-5-18(15)12-17)23-20(27)13-28-22-25-24-21(16-7-8-16)26(22)19-10-11-19/h6,9,12,14,16,19H,2-5,7-8,10-11,13H2,1H3,(H,23,27)/t14-/m0/s1. The predicted molar refractivity (Wildman–Crippen MR) is 111 cm³/mol. The van der Waals surface area contributed by atoms with Gasteiger partial charge in [-0.15, -0.1) is 10.2 Å². The van der Waals surface area contributed by atoms with Crippen molar-refractivity contribution in [2.45, 2.75) is 81.4 Å². The van der Waals surface area contributed by atoms with Gasteiger partial charge in [0.2, 0.25) is 5.91 Å². The van der Waals surface area contributed by atoms with Crippen LogP contribution in [0.2, 0.25) is 0 Å². The fourth-order valence-corrected chi connectivity index (χ4v) is 5.03. The SMILES string of the molecule is C[C@H](NC(=O)CSc1nnc(C2CC2)n1C1CC1)c1ccc2c(c1)CCCC2. The molecular formula is C22H28N4OS. The van der Waals surface area contributed by atoms with Crippen molar-refractivity contribution < 1.29 is 4.79 Å². The maximum Gasteiger partial charge on any atom is 0.230 e. The second-order valence-corrected chi connectivity index (χ2v) is 9.47.